The number of carboxylic acids is 1. The first-order valence-electron chi connectivity index (χ1n) is 6.02. The monoisotopic (exact) mass is 269 g/mol. The number of furan rings is 1. The number of aromatic nitrogens is 1. The number of ether oxygens (including phenoxy) is 1. The minimum absolute atomic E-state index is 0.0989. The van der Waals surface area contributed by atoms with Crippen LogP contribution in [0.2, 0.25) is 0 Å². The van der Waals surface area contributed by atoms with Gasteiger partial charge in [-0.2, -0.15) is 0 Å². The number of aromatic carboxylic acids is 1. The van der Waals surface area contributed by atoms with Gasteiger partial charge in [0.25, 0.3) is 0 Å². The molecular formula is C15H11NO4. The molecule has 0 aliphatic rings. The number of hydrogen-bond acceptors (Lipinski definition) is 4. The third-order valence-corrected chi connectivity index (χ3v) is 2.92. The summed E-state index contributed by atoms with van der Waals surface area (Å²) in [6, 6.07) is 11.0. The lowest BCUT2D eigenvalue weighted by atomic mass is 10.2. The van der Waals surface area contributed by atoms with Crippen molar-refractivity contribution in [1.82, 2.24) is 4.98 Å². The van der Waals surface area contributed by atoms with Crippen LogP contribution in [0.4, 0.5) is 0 Å². The lowest BCUT2D eigenvalue weighted by Gasteiger charge is -2.07. The number of carbonyl (C=O) groups is 1. The number of carboxylic acid groups (broad SMARTS) is 1. The minimum Gasteiger partial charge on any atom is -0.486 e. The highest BCUT2D eigenvalue weighted by Crippen LogP contribution is 2.24. The van der Waals surface area contributed by atoms with Crippen LogP contribution in [0.3, 0.4) is 0 Å². The second-order valence-corrected chi connectivity index (χ2v) is 4.20. The average Bonchev–Trinajstić information content (AvgIpc) is 2.93. The van der Waals surface area contributed by atoms with Gasteiger partial charge in [0, 0.05) is 17.1 Å². The summed E-state index contributed by atoms with van der Waals surface area (Å²) in [5, 5.41) is 9.93. The Morgan fingerprint density at radius 1 is 1.25 bits per heavy atom. The summed E-state index contributed by atoms with van der Waals surface area (Å²) in [6.45, 7) is 0.119. The van der Waals surface area contributed by atoms with Gasteiger partial charge < -0.3 is 14.3 Å². The summed E-state index contributed by atoms with van der Waals surface area (Å²) in [5.41, 5.74) is 1.24. The van der Waals surface area contributed by atoms with E-state index in [9.17, 15) is 4.79 Å². The molecule has 5 nitrogen and oxygen atoms in total. The van der Waals surface area contributed by atoms with E-state index in [1.165, 1.54) is 6.26 Å². The van der Waals surface area contributed by atoms with Crippen molar-refractivity contribution in [2.75, 3.05) is 0 Å². The normalized spacial score (nSPS) is 10.6. The van der Waals surface area contributed by atoms with Crippen molar-refractivity contribution in [1.29, 1.82) is 0 Å². The molecule has 0 saturated heterocycles. The van der Waals surface area contributed by atoms with E-state index in [1.54, 1.807) is 18.3 Å². The van der Waals surface area contributed by atoms with E-state index in [0.29, 0.717) is 11.3 Å². The van der Waals surface area contributed by atoms with Crippen molar-refractivity contribution in [3.8, 4) is 5.75 Å². The topological polar surface area (TPSA) is 72.6 Å². The van der Waals surface area contributed by atoms with Crippen LogP contribution in [0.1, 0.15) is 16.1 Å². The van der Waals surface area contributed by atoms with Crippen molar-refractivity contribution < 1.29 is 19.1 Å². The highest BCUT2D eigenvalue weighted by atomic mass is 16.5. The van der Waals surface area contributed by atoms with Gasteiger partial charge in [0.15, 0.2) is 0 Å². The lowest BCUT2D eigenvalue weighted by Crippen LogP contribution is -2.03. The smallest absolute Gasteiger partial charge is 0.372 e. The molecule has 5 heteroatoms. The van der Waals surface area contributed by atoms with Crippen molar-refractivity contribution in [2.24, 2.45) is 0 Å². The van der Waals surface area contributed by atoms with Gasteiger partial charge in [-0.3, -0.25) is 4.98 Å². The molecule has 0 atom stereocenters. The summed E-state index contributed by atoms with van der Waals surface area (Å²) in [6.07, 6.45) is 3.03. The van der Waals surface area contributed by atoms with Crippen molar-refractivity contribution in [2.45, 2.75) is 6.61 Å². The molecule has 1 aromatic carbocycles. The number of para-hydroxylation sites is 1. The summed E-state index contributed by atoms with van der Waals surface area (Å²) in [5.74, 6) is -0.594. The molecule has 20 heavy (non-hydrogen) atoms. The van der Waals surface area contributed by atoms with Gasteiger partial charge in [-0.05, 0) is 18.2 Å². The molecule has 0 saturated carbocycles. The Labute approximate surface area is 114 Å². The Bertz CT molecular complexity index is 758. The molecule has 3 rings (SSSR count). The predicted octanol–water partition coefficient (Wildman–Crippen LogP) is 3.11. The molecular weight excluding hydrogens is 258 g/mol. The second-order valence-electron chi connectivity index (χ2n) is 4.20. The zero-order valence-electron chi connectivity index (χ0n) is 10.4. The molecule has 0 unspecified atom stereocenters. The SMILES string of the molecule is O=C(O)c1occc1COc1cccc2cccnc12. The number of rotatable bonds is 4. The van der Waals surface area contributed by atoms with E-state index in [0.717, 1.165) is 10.9 Å². The van der Waals surface area contributed by atoms with Gasteiger partial charge in [0.1, 0.15) is 17.9 Å². The Kier molecular flexibility index (Phi) is 3.09. The van der Waals surface area contributed by atoms with Gasteiger partial charge in [0.05, 0.1) is 6.26 Å². The molecule has 0 radical (unpaired) electrons. The number of pyridine rings is 1. The molecule has 0 amide bonds. The maximum Gasteiger partial charge on any atom is 0.372 e. The average molecular weight is 269 g/mol. The Balaban J connectivity index is 1.87. The van der Waals surface area contributed by atoms with E-state index in [-0.39, 0.29) is 12.4 Å². The molecule has 1 N–H and O–H groups in total. The maximum atomic E-state index is 10.9. The van der Waals surface area contributed by atoms with Crippen molar-refractivity contribution >= 4 is 16.9 Å². The van der Waals surface area contributed by atoms with E-state index in [2.05, 4.69) is 4.98 Å². The van der Waals surface area contributed by atoms with E-state index in [1.807, 2.05) is 24.3 Å². The number of nitrogens with zero attached hydrogens (tertiary/aromatic N) is 1. The number of benzene rings is 1. The molecule has 2 heterocycles. The first-order valence-corrected chi connectivity index (χ1v) is 6.02. The Hall–Kier alpha value is -2.82. The van der Waals surface area contributed by atoms with Gasteiger partial charge in [-0.1, -0.05) is 18.2 Å². The Morgan fingerprint density at radius 2 is 2.10 bits per heavy atom. The van der Waals surface area contributed by atoms with E-state index in [4.69, 9.17) is 14.3 Å². The molecule has 0 aliphatic heterocycles. The molecule has 2 aromatic heterocycles. The fraction of sp³-hybridized carbons (Fsp3) is 0.0667. The second kappa shape index (κ2) is 5.05. The summed E-state index contributed by atoms with van der Waals surface area (Å²) in [7, 11) is 0. The van der Waals surface area contributed by atoms with Crippen LogP contribution in [0.15, 0.2) is 53.3 Å². The van der Waals surface area contributed by atoms with Gasteiger partial charge >= 0.3 is 5.97 Å². The highest BCUT2D eigenvalue weighted by Gasteiger charge is 2.14. The van der Waals surface area contributed by atoms with Crippen LogP contribution in [-0.2, 0) is 6.61 Å². The fourth-order valence-electron chi connectivity index (χ4n) is 1.99. The molecule has 0 fully saturated rings. The predicted molar refractivity (Wildman–Crippen MR) is 71.7 cm³/mol. The van der Waals surface area contributed by atoms with E-state index >= 15 is 0 Å². The van der Waals surface area contributed by atoms with E-state index < -0.39 is 5.97 Å². The summed E-state index contributed by atoms with van der Waals surface area (Å²) >= 11 is 0. The van der Waals surface area contributed by atoms with Crippen LogP contribution in [0, 0.1) is 0 Å². The van der Waals surface area contributed by atoms with Gasteiger partial charge in [-0.25, -0.2) is 4.79 Å². The molecule has 0 bridgehead atoms. The van der Waals surface area contributed by atoms with Gasteiger partial charge in [-0.15, -0.1) is 0 Å². The van der Waals surface area contributed by atoms with Crippen LogP contribution in [-0.4, -0.2) is 16.1 Å². The molecule has 100 valence electrons. The summed E-state index contributed by atoms with van der Waals surface area (Å²) in [4.78, 5) is 15.2. The maximum absolute atomic E-state index is 10.9. The first kappa shape index (κ1) is 12.2. The first-order chi connectivity index (χ1) is 9.75. The van der Waals surface area contributed by atoms with Crippen molar-refractivity contribution in [3.63, 3.8) is 0 Å². The fourth-order valence-corrected chi connectivity index (χ4v) is 1.99. The molecule has 0 aliphatic carbocycles. The van der Waals surface area contributed by atoms with Crippen LogP contribution in [0.25, 0.3) is 10.9 Å². The van der Waals surface area contributed by atoms with Crippen LogP contribution < -0.4 is 4.74 Å². The largest absolute Gasteiger partial charge is 0.486 e. The third kappa shape index (κ3) is 2.21. The molecule has 3 aromatic rings. The van der Waals surface area contributed by atoms with Gasteiger partial charge in [0.2, 0.25) is 5.76 Å². The Morgan fingerprint density at radius 3 is 2.95 bits per heavy atom. The lowest BCUT2D eigenvalue weighted by molar-refractivity contribution is 0.0658. The van der Waals surface area contributed by atoms with Crippen molar-refractivity contribution in [3.05, 3.63) is 60.2 Å². The quantitative estimate of drug-likeness (QED) is 0.787. The highest BCUT2D eigenvalue weighted by molar-refractivity contribution is 5.86. The minimum atomic E-state index is -1.11. The van der Waals surface area contributed by atoms with Crippen LogP contribution >= 0.6 is 0 Å². The third-order valence-electron chi connectivity index (χ3n) is 2.92. The number of hydrogen-bond donors (Lipinski definition) is 1. The standard InChI is InChI=1S/C15H11NO4/c17-15(18)14-11(6-8-19-14)9-20-12-5-1-3-10-4-2-7-16-13(10)12/h1-8H,9H2,(H,17,18). The zero-order valence-corrected chi connectivity index (χ0v) is 10.4. The zero-order chi connectivity index (χ0) is 13.9. The molecule has 0 spiro atoms. The number of fused-ring (bicyclic) bond motifs is 1. The van der Waals surface area contributed by atoms with Crippen LogP contribution in [0.5, 0.6) is 5.75 Å². The summed E-state index contributed by atoms with van der Waals surface area (Å²) < 4.78 is 10.6.